The minimum Gasteiger partial charge on any atom is -0.476 e. The number of hydrogen-bond acceptors (Lipinski definition) is 7. The van der Waals surface area contributed by atoms with E-state index in [1.165, 1.54) is 71.3 Å². The number of carbonyl (C=O) groups is 1. The third kappa shape index (κ3) is 5.42. The molecule has 9 nitrogen and oxygen atoms in total. The van der Waals surface area contributed by atoms with Gasteiger partial charge in [0.1, 0.15) is 6.61 Å². The van der Waals surface area contributed by atoms with Gasteiger partial charge in [-0.2, -0.15) is 0 Å². The monoisotopic (exact) mass is 550 g/mol. The van der Waals surface area contributed by atoms with E-state index in [9.17, 15) is 14.7 Å². The zero-order chi connectivity index (χ0) is 27.6. The number of methoxy groups -OCH3 is 1. The first kappa shape index (κ1) is 27.4. The third-order valence-electron chi connectivity index (χ3n) is 9.90. The molecule has 4 aliphatic rings. The van der Waals surface area contributed by atoms with Crippen LogP contribution in [0.15, 0.2) is 34.2 Å². The van der Waals surface area contributed by atoms with Gasteiger partial charge in [0, 0.05) is 31.3 Å². The molecule has 0 amide bonds. The van der Waals surface area contributed by atoms with E-state index in [1.807, 2.05) is 28.8 Å². The minimum absolute atomic E-state index is 0.0129. The lowest BCUT2D eigenvalue weighted by molar-refractivity contribution is -0.129. The summed E-state index contributed by atoms with van der Waals surface area (Å²) in [4.78, 5) is 38.8. The first-order valence-corrected chi connectivity index (χ1v) is 15.2. The summed E-state index contributed by atoms with van der Waals surface area (Å²) in [6.07, 6.45) is 15.0. The molecule has 4 fully saturated rings. The quantitative estimate of drug-likeness (QED) is 0.287. The average molecular weight is 551 g/mol. The van der Waals surface area contributed by atoms with Crippen LogP contribution in [0.1, 0.15) is 88.8 Å². The minimum atomic E-state index is -1.34. The van der Waals surface area contributed by atoms with Gasteiger partial charge >= 0.3 is 5.97 Å². The van der Waals surface area contributed by atoms with Gasteiger partial charge < -0.3 is 19.2 Å². The molecule has 9 heteroatoms. The van der Waals surface area contributed by atoms with Crippen LogP contribution in [0.4, 0.5) is 0 Å². The molecule has 1 N–H and O–H groups in total. The molecule has 2 aliphatic heterocycles. The molecule has 2 saturated heterocycles. The number of benzene rings is 1. The van der Waals surface area contributed by atoms with Crippen LogP contribution in [-0.4, -0.2) is 69.7 Å². The Labute approximate surface area is 235 Å². The highest BCUT2D eigenvalue weighted by molar-refractivity contribution is 6.41. The Bertz CT molecular complexity index is 1280. The summed E-state index contributed by atoms with van der Waals surface area (Å²) in [5, 5.41) is 13.7. The van der Waals surface area contributed by atoms with Crippen LogP contribution in [0.2, 0.25) is 0 Å². The highest BCUT2D eigenvalue weighted by Crippen LogP contribution is 2.47. The predicted molar refractivity (Wildman–Crippen MR) is 153 cm³/mol. The Balaban J connectivity index is 1.33. The normalized spacial score (nSPS) is 31.1. The predicted octanol–water partition coefficient (Wildman–Crippen LogP) is 4.77. The molecule has 0 spiro atoms. The molecule has 6 rings (SSSR count). The molecule has 40 heavy (non-hydrogen) atoms. The van der Waals surface area contributed by atoms with Crippen molar-refractivity contribution in [3.05, 3.63) is 40.3 Å². The second-order valence-corrected chi connectivity index (χ2v) is 12.4. The molecule has 2 aliphatic carbocycles. The smallest absolute Gasteiger partial charge is 0.360 e. The lowest BCUT2D eigenvalue weighted by atomic mass is 9.73. The topological polar surface area (TPSA) is 106 Å². The molecule has 216 valence electrons. The lowest BCUT2D eigenvalue weighted by Gasteiger charge is -2.54. The van der Waals surface area contributed by atoms with E-state index in [4.69, 9.17) is 9.57 Å². The van der Waals surface area contributed by atoms with Gasteiger partial charge in [0.2, 0.25) is 5.71 Å². The van der Waals surface area contributed by atoms with Crippen molar-refractivity contribution in [2.45, 2.75) is 101 Å². The largest absolute Gasteiger partial charge is 0.476 e. The third-order valence-corrected chi connectivity index (χ3v) is 9.90. The van der Waals surface area contributed by atoms with E-state index in [1.54, 1.807) is 0 Å². The summed E-state index contributed by atoms with van der Waals surface area (Å²) in [5.74, 6) is 0.409. The van der Waals surface area contributed by atoms with Crippen LogP contribution in [0.3, 0.4) is 0 Å². The number of rotatable bonds is 8. The summed E-state index contributed by atoms with van der Waals surface area (Å²) in [5.41, 5.74) is 0.291. The molecule has 3 heterocycles. The number of ether oxygens (including phenoxy) is 1. The van der Waals surface area contributed by atoms with Gasteiger partial charge in [0.15, 0.2) is 5.69 Å². The van der Waals surface area contributed by atoms with Gasteiger partial charge in [0.25, 0.3) is 5.56 Å². The number of aromatic nitrogens is 2. The standard InChI is InChI=1S/C31H42N4O5/c1-39-13-14-40-33-29(31(37)38)28-30(36)35(27-12-5-4-11-26(27)32-28)25-18-22-9-6-10-23(19-25)34(22)24-16-20-7-2-3-8-21(15-20)17-24/h4-5,11-12,20-25H,2-3,6-10,13-19H2,1H3,(H,37,38)/b33-29-/t20-,21+,22-,23+,24?,25+. The van der Waals surface area contributed by atoms with Crippen molar-refractivity contribution in [1.29, 1.82) is 0 Å². The molecule has 6 atom stereocenters. The summed E-state index contributed by atoms with van der Waals surface area (Å²) in [6, 6.07) is 9.09. The van der Waals surface area contributed by atoms with Crippen molar-refractivity contribution < 1.29 is 19.5 Å². The van der Waals surface area contributed by atoms with E-state index in [-0.39, 0.29) is 24.9 Å². The Morgan fingerprint density at radius 1 is 0.925 bits per heavy atom. The van der Waals surface area contributed by atoms with Crippen molar-refractivity contribution in [2.24, 2.45) is 17.0 Å². The molecular formula is C31H42N4O5. The SMILES string of the molecule is COCCO/N=C(\C(=O)O)c1nc2ccccc2n([C@H]2C[C@H]3CCC[C@@H](C2)N3C2C[C@H]3CCCC[C@@H](C2)C3)c1=O. The Kier molecular flexibility index (Phi) is 8.21. The van der Waals surface area contributed by atoms with E-state index in [2.05, 4.69) is 15.0 Å². The van der Waals surface area contributed by atoms with E-state index < -0.39 is 17.2 Å². The number of para-hydroxylation sites is 2. The van der Waals surface area contributed by atoms with Crippen LogP contribution >= 0.6 is 0 Å². The Morgan fingerprint density at radius 3 is 2.30 bits per heavy atom. The maximum Gasteiger partial charge on any atom is 0.360 e. The Hall–Kier alpha value is -2.78. The van der Waals surface area contributed by atoms with Crippen LogP contribution in [0, 0.1) is 11.8 Å². The first-order valence-electron chi connectivity index (χ1n) is 15.2. The zero-order valence-corrected chi connectivity index (χ0v) is 23.5. The number of hydrogen-bond donors (Lipinski definition) is 1. The van der Waals surface area contributed by atoms with Crippen molar-refractivity contribution >= 4 is 22.7 Å². The Morgan fingerprint density at radius 2 is 1.62 bits per heavy atom. The van der Waals surface area contributed by atoms with E-state index in [0.29, 0.717) is 23.6 Å². The number of carboxylic acid groups (broad SMARTS) is 1. The number of aliphatic carboxylic acids is 1. The number of piperidine rings is 2. The maximum atomic E-state index is 14.1. The molecule has 2 aromatic rings. The molecular weight excluding hydrogens is 508 g/mol. The maximum absolute atomic E-state index is 14.1. The van der Waals surface area contributed by atoms with Crippen molar-refractivity contribution in [3.8, 4) is 0 Å². The summed E-state index contributed by atoms with van der Waals surface area (Å²) in [7, 11) is 1.52. The molecule has 2 saturated carbocycles. The van der Waals surface area contributed by atoms with Gasteiger partial charge in [-0.25, -0.2) is 9.78 Å². The van der Waals surface area contributed by atoms with Crippen LogP contribution < -0.4 is 5.56 Å². The fourth-order valence-electron chi connectivity index (χ4n) is 8.39. The van der Waals surface area contributed by atoms with Gasteiger partial charge in [-0.15, -0.1) is 0 Å². The van der Waals surface area contributed by atoms with Gasteiger partial charge in [-0.05, 0) is 68.9 Å². The van der Waals surface area contributed by atoms with Crippen LogP contribution in [-0.2, 0) is 14.4 Å². The summed E-state index contributed by atoms with van der Waals surface area (Å²) in [6.45, 7) is 0.343. The van der Waals surface area contributed by atoms with Crippen molar-refractivity contribution in [1.82, 2.24) is 14.5 Å². The van der Waals surface area contributed by atoms with Crippen molar-refractivity contribution in [2.75, 3.05) is 20.3 Å². The molecule has 1 aromatic heterocycles. The van der Waals surface area contributed by atoms with Gasteiger partial charge in [-0.1, -0.05) is 49.4 Å². The van der Waals surface area contributed by atoms with E-state index in [0.717, 1.165) is 30.2 Å². The number of carboxylic acids is 1. The highest BCUT2D eigenvalue weighted by Gasteiger charge is 2.45. The fourth-order valence-corrected chi connectivity index (χ4v) is 8.39. The first-order chi connectivity index (χ1) is 19.5. The van der Waals surface area contributed by atoms with Crippen LogP contribution in [0.5, 0.6) is 0 Å². The molecule has 4 bridgehead atoms. The zero-order valence-electron chi connectivity index (χ0n) is 23.5. The highest BCUT2D eigenvalue weighted by atomic mass is 16.6. The summed E-state index contributed by atoms with van der Waals surface area (Å²) < 4.78 is 6.79. The number of oxime groups is 1. The number of nitrogens with zero attached hydrogens (tertiary/aromatic N) is 4. The number of fused-ring (bicyclic) bond motifs is 5. The molecule has 0 radical (unpaired) electrons. The van der Waals surface area contributed by atoms with Gasteiger partial charge in [0.05, 0.1) is 17.6 Å². The lowest BCUT2D eigenvalue weighted by Crippen LogP contribution is -2.58. The van der Waals surface area contributed by atoms with Crippen molar-refractivity contribution in [3.63, 3.8) is 0 Å². The summed E-state index contributed by atoms with van der Waals surface area (Å²) >= 11 is 0. The second kappa shape index (κ2) is 12.0. The fraction of sp³-hybridized carbons (Fsp3) is 0.677. The van der Waals surface area contributed by atoms with Crippen LogP contribution in [0.25, 0.3) is 11.0 Å². The average Bonchev–Trinajstić information content (AvgIpc) is 3.11. The molecule has 1 aromatic carbocycles. The molecule has 1 unspecified atom stereocenters. The van der Waals surface area contributed by atoms with Gasteiger partial charge in [-0.3, -0.25) is 9.69 Å². The van der Waals surface area contributed by atoms with E-state index >= 15 is 0 Å². The second-order valence-electron chi connectivity index (χ2n) is 12.4.